The molecule has 2 aliphatic carbocycles. The summed E-state index contributed by atoms with van der Waals surface area (Å²) in [6.45, 7) is 6.79. The van der Waals surface area contributed by atoms with Crippen LogP contribution in [0.15, 0.2) is 12.2 Å². The van der Waals surface area contributed by atoms with Gasteiger partial charge in [0.05, 0.1) is 0 Å². The van der Waals surface area contributed by atoms with Crippen LogP contribution in [0.5, 0.6) is 0 Å². The Morgan fingerprint density at radius 3 is 2.41 bits per heavy atom. The molecule has 2 atom stereocenters. The molecule has 0 radical (unpaired) electrons. The molecule has 0 amide bonds. The van der Waals surface area contributed by atoms with Crippen molar-refractivity contribution >= 4 is 0 Å². The van der Waals surface area contributed by atoms with Crippen LogP contribution in [0.1, 0.15) is 64.7 Å². The molecule has 2 rings (SSSR count). The van der Waals surface area contributed by atoms with Crippen LogP contribution in [0, 0.1) is 17.8 Å². The van der Waals surface area contributed by atoms with Gasteiger partial charge >= 0.3 is 0 Å². The van der Waals surface area contributed by atoms with Crippen molar-refractivity contribution < 1.29 is 0 Å². The van der Waals surface area contributed by atoms with Crippen molar-refractivity contribution in [2.24, 2.45) is 23.5 Å². The highest BCUT2D eigenvalue weighted by molar-refractivity contribution is 5.05. The summed E-state index contributed by atoms with van der Waals surface area (Å²) < 4.78 is 0. The Morgan fingerprint density at radius 2 is 1.71 bits per heavy atom. The van der Waals surface area contributed by atoms with Crippen molar-refractivity contribution in [1.82, 2.24) is 0 Å². The molecule has 0 aliphatic heterocycles. The summed E-state index contributed by atoms with van der Waals surface area (Å²) in [4.78, 5) is 0. The zero-order valence-electron chi connectivity index (χ0n) is 11.5. The van der Waals surface area contributed by atoms with Gasteiger partial charge in [0.1, 0.15) is 0 Å². The van der Waals surface area contributed by atoms with E-state index in [0.29, 0.717) is 6.04 Å². The molecular formula is C16H29N. The van der Waals surface area contributed by atoms with E-state index >= 15 is 0 Å². The largest absolute Gasteiger partial charge is 0.328 e. The van der Waals surface area contributed by atoms with Gasteiger partial charge in [0.15, 0.2) is 0 Å². The van der Waals surface area contributed by atoms with Gasteiger partial charge in [0.25, 0.3) is 0 Å². The van der Waals surface area contributed by atoms with Crippen LogP contribution in [0.2, 0.25) is 0 Å². The number of hydrogen-bond donors (Lipinski definition) is 1. The van der Waals surface area contributed by atoms with E-state index in [1.54, 1.807) is 5.57 Å². The molecule has 0 aromatic rings. The Bertz CT molecular complexity index is 250. The smallest absolute Gasteiger partial charge is 0.00390 e. The molecule has 0 spiro atoms. The zero-order valence-corrected chi connectivity index (χ0v) is 11.5. The van der Waals surface area contributed by atoms with Crippen LogP contribution in [0.25, 0.3) is 0 Å². The fourth-order valence-electron chi connectivity index (χ4n) is 3.77. The summed E-state index contributed by atoms with van der Waals surface area (Å²) in [5, 5.41) is 0. The maximum Gasteiger partial charge on any atom is 0.00390 e. The van der Waals surface area contributed by atoms with Crippen molar-refractivity contribution in [2.45, 2.75) is 70.8 Å². The summed E-state index contributed by atoms with van der Waals surface area (Å²) >= 11 is 0. The molecule has 2 fully saturated rings. The third kappa shape index (κ3) is 3.58. The second kappa shape index (κ2) is 6.04. The fourth-order valence-corrected chi connectivity index (χ4v) is 3.77. The molecule has 2 N–H and O–H groups in total. The first-order chi connectivity index (χ1) is 8.16. The quantitative estimate of drug-likeness (QED) is 0.675. The third-order valence-electron chi connectivity index (χ3n) is 5.08. The minimum absolute atomic E-state index is 0.480. The highest BCUT2D eigenvalue weighted by Crippen LogP contribution is 2.39. The second-order valence-corrected chi connectivity index (χ2v) is 6.51. The van der Waals surface area contributed by atoms with Gasteiger partial charge in [-0.2, -0.15) is 0 Å². The monoisotopic (exact) mass is 235 g/mol. The lowest BCUT2D eigenvalue weighted by Crippen LogP contribution is -2.30. The third-order valence-corrected chi connectivity index (χ3v) is 5.08. The highest BCUT2D eigenvalue weighted by Gasteiger charge is 2.28. The minimum Gasteiger partial charge on any atom is -0.328 e. The summed E-state index contributed by atoms with van der Waals surface area (Å²) in [6, 6.07) is 0.480. The normalized spacial score (nSPS) is 40.7. The lowest BCUT2D eigenvalue weighted by Gasteiger charge is -2.35. The Kier molecular flexibility index (Phi) is 4.67. The van der Waals surface area contributed by atoms with Crippen molar-refractivity contribution in [2.75, 3.05) is 0 Å². The number of hydrogen-bond acceptors (Lipinski definition) is 1. The Balaban J connectivity index is 1.91. The molecule has 0 heterocycles. The van der Waals surface area contributed by atoms with E-state index in [-0.39, 0.29) is 0 Å². The Morgan fingerprint density at radius 1 is 1.00 bits per heavy atom. The zero-order chi connectivity index (χ0) is 12.3. The summed E-state index contributed by atoms with van der Waals surface area (Å²) in [5.41, 5.74) is 7.57. The standard InChI is InChI=1S/C16H29N/c1-12-4-3-5-16(13(2)7-6-12)14-8-10-15(17)11-9-14/h12,14-16H,2-11,17H2,1H3/t12?,14-,15-,16?. The summed E-state index contributed by atoms with van der Waals surface area (Å²) in [7, 11) is 0. The average Bonchev–Trinajstić information content (AvgIpc) is 2.31. The molecule has 17 heavy (non-hydrogen) atoms. The van der Waals surface area contributed by atoms with Crippen LogP contribution < -0.4 is 5.73 Å². The van der Waals surface area contributed by atoms with Crippen molar-refractivity contribution in [3.63, 3.8) is 0 Å². The molecule has 0 bridgehead atoms. The van der Waals surface area contributed by atoms with Gasteiger partial charge in [-0.1, -0.05) is 31.9 Å². The van der Waals surface area contributed by atoms with E-state index < -0.39 is 0 Å². The SMILES string of the molecule is C=C1CCC(C)CCCC1[C@H]1CC[C@H](N)CC1. The molecular weight excluding hydrogens is 206 g/mol. The highest BCUT2D eigenvalue weighted by atomic mass is 14.6. The summed E-state index contributed by atoms with van der Waals surface area (Å²) in [6.07, 6.45) is 12.0. The van der Waals surface area contributed by atoms with Crippen molar-refractivity contribution in [3.8, 4) is 0 Å². The van der Waals surface area contributed by atoms with E-state index in [2.05, 4.69) is 13.5 Å². The maximum absolute atomic E-state index is 6.01. The van der Waals surface area contributed by atoms with Crippen molar-refractivity contribution in [3.05, 3.63) is 12.2 Å². The van der Waals surface area contributed by atoms with E-state index in [4.69, 9.17) is 5.73 Å². The molecule has 0 saturated heterocycles. The van der Waals surface area contributed by atoms with E-state index in [1.165, 1.54) is 57.8 Å². The van der Waals surface area contributed by atoms with Crippen LogP contribution in [-0.2, 0) is 0 Å². The van der Waals surface area contributed by atoms with Gasteiger partial charge in [0.2, 0.25) is 0 Å². The number of allylic oxidation sites excluding steroid dienone is 1. The first-order valence-electron chi connectivity index (χ1n) is 7.60. The van der Waals surface area contributed by atoms with E-state index in [0.717, 1.165) is 17.8 Å². The van der Waals surface area contributed by atoms with Crippen LogP contribution >= 0.6 is 0 Å². The molecule has 0 aromatic heterocycles. The van der Waals surface area contributed by atoms with E-state index in [1.807, 2.05) is 0 Å². The van der Waals surface area contributed by atoms with Crippen LogP contribution in [0.3, 0.4) is 0 Å². The Labute approximate surface area is 107 Å². The fraction of sp³-hybridized carbons (Fsp3) is 0.875. The van der Waals surface area contributed by atoms with Gasteiger partial charge < -0.3 is 5.73 Å². The predicted octanol–water partition coefficient (Wildman–Crippen LogP) is 4.28. The molecule has 1 heteroatoms. The maximum atomic E-state index is 6.01. The molecule has 2 unspecified atom stereocenters. The number of rotatable bonds is 1. The lowest BCUT2D eigenvalue weighted by atomic mass is 9.71. The Hall–Kier alpha value is -0.300. The predicted molar refractivity (Wildman–Crippen MR) is 74.8 cm³/mol. The van der Waals surface area contributed by atoms with Gasteiger partial charge in [0, 0.05) is 6.04 Å². The van der Waals surface area contributed by atoms with Gasteiger partial charge in [-0.3, -0.25) is 0 Å². The summed E-state index contributed by atoms with van der Waals surface area (Å²) in [5.74, 6) is 2.62. The topological polar surface area (TPSA) is 26.0 Å². The van der Waals surface area contributed by atoms with Crippen molar-refractivity contribution in [1.29, 1.82) is 0 Å². The van der Waals surface area contributed by atoms with Gasteiger partial charge in [-0.05, 0) is 62.7 Å². The van der Waals surface area contributed by atoms with Gasteiger partial charge in [-0.15, -0.1) is 0 Å². The molecule has 1 nitrogen and oxygen atoms in total. The van der Waals surface area contributed by atoms with Crippen LogP contribution in [-0.4, -0.2) is 6.04 Å². The minimum atomic E-state index is 0.480. The lowest BCUT2D eigenvalue weighted by molar-refractivity contribution is 0.229. The molecule has 2 saturated carbocycles. The number of nitrogens with two attached hydrogens (primary N) is 1. The van der Waals surface area contributed by atoms with Gasteiger partial charge in [-0.25, -0.2) is 0 Å². The first kappa shape index (κ1) is 13.1. The average molecular weight is 235 g/mol. The molecule has 0 aromatic carbocycles. The molecule has 2 aliphatic rings. The van der Waals surface area contributed by atoms with E-state index in [9.17, 15) is 0 Å². The first-order valence-corrected chi connectivity index (χ1v) is 7.60. The molecule has 98 valence electrons. The second-order valence-electron chi connectivity index (χ2n) is 6.51. The van der Waals surface area contributed by atoms with Crippen LogP contribution in [0.4, 0.5) is 0 Å².